The summed E-state index contributed by atoms with van der Waals surface area (Å²) in [5.41, 5.74) is 5.93. The Bertz CT molecular complexity index is 396. The summed E-state index contributed by atoms with van der Waals surface area (Å²) in [7, 11) is -0.929. The second-order valence-electron chi connectivity index (χ2n) is 4.28. The second-order valence-corrected chi connectivity index (χ2v) is 6.83. The van der Waals surface area contributed by atoms with E-state index in [-0.39, 0.29) is 11.3 Å². The minimum Gasteiger partial charge on any atom is -0.328 e. The van der Waals surface area contributed by atoms with Gasteiger partial charge in [-0.3, -0.25) is 4.21 Å². The summed E-state index contributed by atoms with van der Waals surface area (Å²) in [6.07, 6.45) is 4.08. The maximum absolute atomic E-state index is 12.4. The van der Waals surface area contributed by atoms with Crippen LogP contribution in [0.4, 0.5) is 0 Å². The molecule has 3 atom stereocenters. The fourth-order valence-corrected chi connectivity index (χ4v) is 4.56. The summed E-state index contributed by atoms with van der Waals surface area (Å²) in [6, 6.07) is 7.97. The van der Waals surface area contributed by atoms with E-state index in [0.717, 1.165) is 35.1 Å². The highest BCUT2D eigenvalue weighted by Crippen LogP contribution is 2.28. The molecule has 1 aromatic carbocycles. The van der Waals surface area contributed by atoms with E-state index in [1.165, 1.54) is 0 Å². The molecule has 1 saturated carbocycles. The van der Waals surface area contributed by atoms with Crippen molar-refractivity contribution in [1.29, 1.82) is 0 Å². The maximum atomic E-state index is 12.4. The van der Waals surface area contributed by atoms with E-state index in [2.05, 4.69) is 15.9 Å². The van der Waals surface area contributed by atoms with Gasteiger partial charge in [0.25, 0.3) is 0 Å². The quantitative estimate of drug-likeness (QED) is 0.913. The van der Waals surface area contributed by atoms with Gasteiger partial charge in [-0.15, -0.1) is 0 Å². The molecule has 16 heavy (non-hydrogen) atoms. The van der Waals surface area contributed by atoms with Gasteiger partial charge >= 0.3 is 0 Å². The second kappa shape index (κ2) is 5.43. The third kappa shape index (κ3) is 2.73. The van der Waals surface area contributed by atoms with Gasteiger partial charge in [0.15, 0.2) is 0 Å². The van der Waals surface area contributed by atoms with E-state index in [1.807, 2.05) is 24.3 Å². The summed E-state index contributed by atoms with van der Waals surface area (Å²) in [5, 5.41) is 0.224. The Labute approximate surface area is 107 Å². The van der Waals surface area contributed by atoms with Crippen molar-refractivity contribution in [1.82, 2.24) is 0 Å². The molecule has 88 valence electrons. The van der Waals surface area contributed by atoms with Gasteiger partial charge < -0.3 is 5.73 Å². The van der Waals surface area contributed by atoms with Crippen LogP contribution in [0.1, 0.15) is 25.7 Å². The minimum absolute atomic E-state index is 0.224. The van der Waals surface area contributed by atoms with E-state index in [0.29, 0.717) is 0 Å². The Hall–Kier alpha value is -0.190. The lowest BCUT2D eigenvalue weighted by Crippen LogP contribution is -2.33. The van der Waals surface area contributed by atoms with Gasteiger partial charge in [0, 0.05) is 15.8 Å². The molecule has 2 nitrogen and oxygen atoms in total. The molecule has 0 heterocycles. The van der Waals surface area contributed by atoms with E-state index < -0.39 is 10.8 Å². The standard InChI is InChI=1S/C12H16BrNOS/c13-11-6-1-2-7-12(11)16(15)10-5-3-4-9(14)8-10/h1-2,6-7,9-10H,3-5,8,14H2. The largest absolute Gasteiger partial charge is 0.328 e. The van der Waals surface area contributed by atoms with Crippen molar-refractivity contribution in [2.75, 3.05) is 0 Å². The molecule has 3 unspecified atom stereocenters. The third-order valence-corrected chi connectivity index (χ3v) is 5.80. The van der Waals surface area contributed by atoms with Gasteiger partial charge in [-0.25, -0.2) is 0 Å². The normalized spacial score (nSPS) is 27.6. The van der Waals surface area contributed by atoms with E-state index >= 15 is 0 Å². The van der Waals surface area contributed by atoms with Gasteiger partial charge in [-0.05, 0) is 47.3 Å². The van der Waals surface area contributed by atoms with Gasteiger partial charge in [0.2, 0.25) is 0 Å². The van der Waals surface area contributed by atoms with Gasteiger partial charge in [0.05, 0.1) is 15.7 Å². The predicted molar refractivity (Wildman–Crippen MR) is 70.8 cm³/mol. The van der Waals surface area contributed by atoms with Crippen LogP contribution in [0.2, 0.25) is 0 Å². The number of rotatable bonds is 2. The SMILES string of the molecule is NC1CCCC(S(=O)c2ccccc2Br)C1. The zero-order valence-corrected chi connectivity index (χ0v) is 11.5. The van der Waals surface area contributed by atoms with Crippen LogP contribution in [0.15, 0.2) is 33.6 Å². The van der Waals surface area contributed by atoms with E-state index in [9.17, 15) is 4.21 Å². The summed E-state index contributed by atoms with van der Waals surface area (Å²) >= 11 is 3.45. The highest BCUT2D eigenvalue weighted by atomic mass is 79.9. The zero-order valence-electron chi connectivity index (χ0n) is 9.06. The Morgan fingerprint density at radius 2 is 2.06 bits per heavy atom. The number of hydrogen-bond donors (Lipinski definition) is 1. The Kier molecular flexibility index (Phi) is 4.16. The van der Waals surface area contributed by atoms with Crippen LogP contribution in [0, 0.1) is 0 Å². The lowest BCUT2D eigenvalue weighted by molar-refractivity contribution is 0.444. The average molecular weight is 302 g/mol. The molecule has 0 aromatic heterocycles. The van der Waals surface area contributed by atoms with Gasteiger partial charge in [-0.2, -0.15) is 0 Å². The molecular formula is C12H16BrNOS. The smallest absolute Gasteiger partial charge is 0.0572 e. The Morgan fingerprint density at radius 1 is 1.31 bits per heavy atom. The molecule has 4 heteroatoms. The first-order valence-corrected chi connectivity index (χ1v) is 7.60. The van der Waals surface area contributed by atoms with Crippen molar-refractivity contribution in [3.05, 3.63) is 28.7 Å². The first-order valence-electron chi connectivity index (χ1n) is 5.59. The number of hydrogen-bond acceptors (Lipinski definition) is 2. The third-order valence-electron chi connectivity index (χ3n) is 3.02. The lowest BCUT2D eigenvalue weighted by atomic mass is 9.96. The van der Waals surface area contributed by atoms with E-state index in [4.69, 9.17) is 5.73 Å². The van der Waals surface area contributed by atoms with Crippen LogP contribution < -0.4 is 5.73 Å². The van der Waals surface area contributed by atoms with Crippen molar-refractivity contribution < 1.29 is 4.21 Å². The Balaban J connectivity index is 2.16. The molecule has 0 aliphatic heterocycles. The number of nitrogens with two attached hydrogens (primary N) is 1. The maximum Gasteiger partial charge on any atom is 0.0572 e. The first-order chi connectivity index (χ1) is 7.68. The molecule has 1 aromatic rings. The summed E-state index contributed by atoms with van der Waals surface area (Å²) in [4.78, 5) is 0.904. The molecular weight excluding hydrogens is 286 g/mol. The summed E-state index contributed by atoms with van der Waals surface area (Å²) in [6.45, 7) is 0. The van der Waals surface area contributed by atoms with E-state index in [1.54, 1.807) is 0 Å². The zero-order chi connectivity index (χ0) is 11.5. The number of benzene rings is 1. The fourth-order valence-electron chi connectivity index (χ4n) is 2.16. The molecule has 2 rings (SSSR count). The van der Waals surface area contributed by atoms with Crippen LogP contribution in [-0.2, 0) is 10.8 Å². The molecule has 0 saturated heterocycles. The first kappa shape index (κ1) is 12.3. The highest BCUT2D eigenvalue weighted by molar-refractivity contribution is 9.10. The van der Waals surface area contributed by atoms with Crippen molar-refractivity contribution >= 4 is 26.7 Å². The monoisotopic (exact) mass is 301 g/mol. The van der Waals surface area contributed by atoms with Crippen molar-refractivity contribution in [2.45, 2.75) is 41.9 Å². The van der Waals surface area contributed by atoms with Crippen LogP contribution in [0.25, 0.3) is 0 Å². The molecule has 1 aliphatic carbocycles. The molecule has 1 fully saturated rings. The van der Waals surface area contributed by atoms with Crippen LogP contribution >= 0.6 is 15.9 Å². The predicted octanol–water partition coefficient (Wildman–Crippen LogP) is 2.83. The molecule has 0 bridgehead atoms. The molecule has 2 N–H and O–H groups in total. The van der Waals surface area contributed by atoms with Gasteiger partial charge in [-0.1, -0.05) is 18.6 Å². The highest BCUT2D eigenvalue weighted by Gasteiger charge is 2.25. The average Bonchev–Trinajstić information content (AvgIpc) is 2.29. The molecule has 1 aliphatic rings. The number of halogens is 1. The fraction of sp³-hybridized carbons (Fsp3) is 0.500. The van der Waals surface area contributed by atoms with Crippen LogP contribution in [0.5, 0.6) is 0 Å². The lowest BCUT2D eigenvalue weighted by Gasteiger charge is -2.26. The van der Waals surface area contributed by atoms with Crippen molar-refractivity contribution in [2.24, 2.45) is 5.73 Å². The van der Waals surface area contributed by atoms with Crippen LogP contribution in [0.3, 0.4) is 0 Å². The molecule has 0 spiro atoms. The molecule has 0 amide bonds. The van der Waals surface area contributed by atoms with Crippen molar-refractivity contribution in [3.8, 4) is 0 Å². The van der Waals surface area contributed by atoms with Gasteiger partial charge in [0.1, 0.15) is 0 Å². The summed E-state index contributed by atoms with van der Waals surface area (Å²) < 4.78 is 13.3. The molecule has 0 radical (unpaired) electrons. The minimum atomic E-state index is -0.929. The van der Waals surface area contributed by atoms with Crippen LogP contribution in [-0.4, -0.2) is 15.5 Å². The Morgan fingerprint density at radius 3 is 2.75 bits per heavy atom. The van der Waals surface area contributed by atoms with Crippen molar-refractivity contribution in [3.63, 3.8) is 0 Å². The summed E-state index contributed by atoms with van der Waals surface area (Å²) in [5.74, 6) is 0. The topological polar surface area (TPSA) is 43.1 Å².